The lowest BCUT2D eigenvalue weighted by Crippen LogP contribution is -2.40. The summed E-state index contributed by atoms with van der Waals surface area (Å²) in [7, 11) is 0. The highest BCUT2D eigenvalue weighted by Gasteiger charge is 2.15. The third kappa shape index (κ3) is 3.04. The van der Waals surface area contributed by atoms with E-state index in [4.69, 9.17) is 0 Å². The Morgan fingerprint density at radius 3 is 2.93 bits per heavy atom. The summed E-state index contributed by atoms with van der Waals surface area (Å²) in [6.07, 6.45) is 3.93. The molecule has 1 aromatic rings. The van der Waals surface area contributed by atoms with Crippen molar-refractivity contribution < 1.29 is 4.79 Å². The first-order valence-electron chi connectivity index (χ1n) is 5.41. The van der Waals surface area contributed by atoms with Crippen molar-refractivity contribution in [1.29, 1.82) is 0 Å². The lowest BCUT2D eigenvalue weighted by atomic mass is 9.93. The number of hydrogen-bond donors (Lipinski definition) is 2. The number of hydrogen-bond acceptors (Lipinski definition) is 3. The molecule has 3 nitrogen and oxygen atoms in total. The second kappa shape index (κ2) is 5.28. The number of carbonyl (C=O) groups excluding carboxylic acids is 1. The van der Waals surface area contributed by atoms with Crippen molar-refractivity contribution in [3.05, 3.63) is 22.4 Å². The number of thiophene rings is 1. The Morgan fingerprint density at radius 2 is 2.33 bits per heavy atom. The van der Waals surface area contributed by atoms with Crippen molar-refractivity contribution in [3.8, 4) is 0 Å². The molecule has 0 atom stereocenters. The summed E-state index contributed by atoms with van der Waals surface area (Å²) < 4.78 is 0. The molecule has 1 heterocycles. The molecular formula is C11H16N2OS. The zero-order valence-electron chi connectivity index (χ0n) is 8.66. The van der Waals surface area contributed by atoms with Gasteiger partial charge in [0.25, 0.3) is 5.91 Å². The number of nitrogens with one attached hydrogen (secondary N) is 2. The van der Waals surface area contributed by atoms with Crippen molar-refractivity contribution in [3.63, 3.8) is 0 Å². The molecule has 15 heavy (non-hydrogen) atoms. The van der Waals surface area contributed by atoms with Gasteiger partial charge >= 0.3 is 0 Å². The van der Waals surface area contributed by atoms with Crippen LogP contribution in [0.5, 0.6) is 0 Å². The molecule has 1 aliphatic rings. The molecule has 1 amide bonds. The number of carbonyl (C=O) groups is 1. The van der Waals surface area contributed by atoms with Gasteiger partial charge in [-0.15, -0.1) is 11.3 Å². The molecule has 2 N–H and O–H groups in total. The predicted octanol–water partition coefficient (Wildman–Crippen LogP) is 1.62. The second-order valence-corrected chi connectivity index (χ2v) is 4.76. The lowest BCUT2D eigenvalue weighted by Gasteiger charge is -2.26. The van der Waals surface area contributed by atoms with Gasteiger partial charge in [-0.3, -0.25) is 4.79 Å². The normalized spacial score (nSPS) is 16.0. The van der Waals surface area contributed by atoms with Crippen LogP contribution in [-0.2, 0) is 0 Å². The molecule has 0 unspecified atom stereocenters. The summed E-state index contributed by atoms with van der Waals surface area (Å²) in [6, 6.07) is 4.44. The molecule has 2 rings (SSSR count). The fraction of sp³-hybridized carbons (Fsp3) is 0.545. The average molecular weight is 224 g/mol. The van der Waals surface area contributed by atoms with Crippen molar-refractivity contribution in [2.45, 2.75) is 25.3 Å². The van der Waals surface area contributed by atoms with Gasteiger partial charge in [0.05, 0.1) is 4.88 Å². The quantitative estimate of drug-likeness (QED) is 0.746. The van der Waals surface area contributed by atoms with Gasteiger partial charge in [0.1, 0.15) is 0 Å². The maximum absolute atomic E-state index is 11.5. The minimum absolute atomic E-state index is 0.0420. The van der Waals surface area contributed by atoms with Gasteiger partial charge in [0.2, 0.25) is 0 Å². The van der Waals surface area contributed by atoms with E-state index in [-0.39, 0.29) is 5.91 Å². The van der Waals surface area contributed by atoms with E-state index in [2.05, 4.69) is 10.6 Å². The minimum atomic E-state index is 0.0420. The largest absolute Gasteiger partial charge is 0.350 e. The van der Waals surface area contributed by atoms with Crippen LogP contribution in [0.2, 0.25) is 0 Å². The van der Waals surface area contributed by atoms with E-state index in [1.54, 1.807) is 0 Å². The van der Waals surface area contributed by atoms with Crippen LogP contribution in [0.1, 0.15) is 28.9 Å². The Hall–Kier alpha value is -0.870. The first kappa shape index (κ1) is 10.6. The first-order valence-corrected chi connectivity index (χ1v) is 6.29. The Morgan fingerprint density at radius 1 is 1.47 bits per heavy atom. The standard InChI is InChI=1S/C11H16N2OS/c14-11(10-5-2-8-15-10)13-7-6-12-9-3-1-4-9/h2,5,8-9,12H,1,3-4,6-7H2,(H,13,14). The maximum Gasteiger partial charge on any atom is 0.261 e. The van der Waals surface area contributed by atoms with Crippen LogP contribution in [0.25, 0.3) is 0 Å². The number of rotatable bonds is 5. The molecule has 0 bridgehead atoms. The summed E-state index contributed by atoms with van der Waals surface area (Å²) in [5.74, 6) is 0.0420. The summed E-state index contributed by atoms with van der Waals surface area (Å²) in [5.41, 5.74) is 0. The van der Waals surface area contributed by atoms with Crippen LogP contribution in [0.4, 0.5) is 0 Å². The second-order valence-electron chi connectivity index (χ2n) is 3.82. The summed E-state index contributed by atoms with van der Waals surface area (Å²) in [4.78, 5) is 12.3. The van der Waals surface area contributed by atoms with E-state index < -0.39 is 0 Å². The van der Waals surface area contributed by atoms with E-state index in [9.17, 15) is 4.79 Å². The first-order chi connectivity index (χ1) is 7.36. The molecule has 4 heteroatoms. The van der Waals surface area contributed by atoms with Crippen LogP contribution in [0.3, 0.4) is 0 Å². The molecule has 1 fully saturated rings. The van der Waals surface area contributed by atoms with Gasteiger partial charge in [-0.1, -0.05) is 12.5 Å². The van der Waals surface area contributed by atoms with Gasteiger partial charge < -0.3 is 10.6 Å². The van der Waals surface area contributed by atoms with Crippen LogP contribution in [0, 0.1) is 0 Å². The fourth-order valence-corrected chi connectivity index (χ4v) is 2.20. The van der Waals surface area contributed by atoms with E-state index in [0.717, 1.165) is 11.4 Å². The smallest absolute Gasteiger partial charge is 0.261 e. The molecule has 1 saturated carbocycles. The molecule has 82 valence electrons. The molecule has 1 aromatic heterocycles. The third-order valence-electron chi connectivity index (χ3n) is 2.69. The van der Waals surface area contributed by atoms with E-state index in [1.165, 1.54) is 30.6 Å². The summed E-state index contributed by atoms with van der Waals surface area (Å²) >= 11 is 1.48. The number of amides is 1. The van der Waals surface area contributed by atoms with Crippen molar-refractivity contribution in [2.75, 3.05) is 13.1 Å². The van der Waals surface area contributed by atoms with Crippen LogP contribution in [-0.4, -0.2) is 25.0 Å². The van der Waals surface area contributed by atoms with Gasteiger partial charge in [-0.2, -0.15) is 0 Å². The molecule has 0 radical (unpaired) electrons. The highest BCUT2D eigenvalue weighted by atomic mass is 32.1. The molecule has 0 aliphatic heterocycles. The zero-order valence-corrected chi connectivity index (χ0v) is 9.48. The van der Waals surface area contributed by atoms with E-state index >= 15 is 0 Å². The van der Waals surface area contributed by atoms with Crippen LogP contribution in [0.15, 0.2) is 17.5 Å². The Labute approximate surface area is 93.9 Å². The van der Waals surface area contributed by atoms with E-state index in [1.807, 2.05) is 17.5 Å². The predicted molar refractivity (Wildman–Crippen MR) is 62.3 cm³/mol. The van der Waals surface area contributed by atoms with Crippen molar-refractivity contribution in [2.24, 2.45) is 0 Å². The monoisotopic (exact) mass is 224 g/mol. The van der Waals surface area contributed by atoms with Gasteiger partial charge in [-0.05, 0) is 24.3 Å². The molecule has 1 aliphatic carbocycles. The third-order valence-corrected chi connectivity index (χ3v) is 3.56. The Kier molecular flexibility index (Phi) is 3.75. The highest BCUT2D eigenvalue weighted by Crippen LogP contribution is 2.17. The van der Waals surface area contributed by atoms with Gasteiger partial charge in [0.15, 0.2) is 0 Å². The molecule has 0 spiro atoms. The van der Waals surface area contributed by atoms with Crippen molar-refractivity contribution in [1.82, 2.24) is 10.6 Å². The zero-order chi connectivity index (χ0) is 10.5. The van der Waals surface area contributed by atoms with Crippen LogP contribution >= 0.6 is 11.3 Å². The Bertz CT molecular complexity index is 306. The van der Waals surface area contributed by atoms with Gasteiger partial charge in [-0.25, -0.2) is 0 Å². The van der Waals surface area contributed by atoms with Gasteiger partial charge in [0, 0.05) is 19.1 Å². The van der Waals surface area contributed by atoms with E-state index in [0.29, 0.717) is 12.6 Å². The molecule has 0 saturated heterocycles. The molecular weight excluding hydrogens is 208 g/mol. The van der Waals surface area contributed by atoms with Crippen LogP contribution < -0.4 is 10.6 Å². The SMILES string of the molecule is O=C(NCCNC1CCC1)c1cccs1. The highest BCUT2D eigenvalue weighted by molar-refractivity contribution is 7.12. The topological polar surface area (TPSA) is 41.1 Å². The summed E-state index contributed by atoms with van der Waals surface area (Å²) in [5, 5.41) is 8.22. The molecule has 0 aromatic carbocycles. The minimum Gasteiger partial charge on any atom is -0.350 e. The van der Waals surface area contributed by atoms with Crippen molar-refractivity contribution >= 4 is 17.2 Å². The average Bonchev–Trinajstić information content (AvgIpc) is 2.67. The fourth-order valence-electron chi connectivity index (χ4n) is 1.56. The lowest BCUT2D eigenvalue weighted by molar-refractivity contribution is 0.0957. The summed E-state index contributed by atoms with van der Waals surface area (Å²) in [6.45, 7) is 1.59. The maximum atomic E-state index is 11.5. The Balaban J connectivity index is 1.59.